The molecule has 11 nitrogen and oxygen atoms in total. The fraction of sp³-hybridized carbons (Fsp3) is 0.368. The summed E-state index contributed by atoms with van der Waals surface area (Å²) < 4.78 is 5.29. The van der Waals surface area contributed by atoms with E-state index in [4.69, 9.17) is 21.5 Å². The van der Waals surface area contributed by atoms with Gasteiger partial charge in [0.1, 0.15) is 17.1 Å². The Morgan fingerprint density at radius 1 is 1.17 bits per heavy atom. The number of nitrogens with zero attached hydrogens (tertiary/aromatic N) is 8. The first-order valence-corrected chi connectivity index (χ1v) is 9.75. The number of primary amides is 1. The number of rotatable bonds is 7. The molecule has 0 fully saturated rings. The number of amides is 1. The fourth-order valence-electron chi connectivity index (χ4n) is 3.43. The SMILES string of the molecule is CCn1nc(C)cc1-c1nc(-c2nc(C(N)=O)cc3c2cnn3C)n(CCCN)n1. The number of fused-ring (bicyclic) bond motifs is 1. The molecule has 4 aromatic rings. The predicted octanol–water partition coefficient (Wildman–Crippen LogP) is 0.866. The minimum atomic E-state index is -0.618. The van der Waals surface area contributed by atoms with Crippen LogP contribution in [0.5, 0.6) is 0 Å². The van der Waals surface area contributed by atoms with Crippen LogP contribution >= 0.6 is 0 Å². The van der Waals surface area contributed by atoms with E-state index < -0.39 is 5.91 Å². The first kappa shape index (κ1) is 19.7. The molecule has 4 N–H and O–H groups in total. The predicted molar refractivity (Wildman–Crippen MR) is 111 cm³/mol. The third-order valence-electron chi connectivity index (χ3n) is 4.89. The van der Waals surface area contributed by atoms with Crippen LogP contribution in [-0.4, -0.2) is 51.8 Å². The average molecular weight is 408 g/mol. The van der Waals surface area contributed by atoms with Crippen molar-refractivity contribution in [3.8, 4) is 23.0 Å². The van der Waals surface area contributed by atoms with Gasteiger partial charge in [0.15, 0.2) is 11.6 Å². The molecule has 156 valence electrons. The summed E-state index contributed by atoms with van der Waals surface area (Å²) in [6.07, 6.45) is 2.41. The zero-order chi connectivity index (χ0) is 21.4. The quantitative estimate of drug-likeness (QED) is 0.461. The largest absolute Gasteiger partial charge is 0.364 e. The highest BCUT2D eigenvalue weighted by Crippen LogP contribution is 2.28. The van der Waals surface area contributed by atoms with Crippen molar-refractivity contribution in [2.75, 3.05) is 6.54 Å². The minimum Gasteiger partial charge on any atom is -0.364 e. The van der Waals surface area contributed by atoms with Crippen LogP contribution in [0.2, 0.25) is 0 Å². The summed E-state index contributed by atoms with van der Waals surface area (Å²) >= 11 is 0. The zero-order valence-electron chi connectivity index (χ0n) is 17.2. The van der Waals surface area contributed by atoms with Gasteiger partial charge >= 0.3 is 0 Å². The van der Waals surface area contributed by atoms with E-state index in [0.717, 1.165) is 22.3 Å². The number of carbonyl (C=O) groups excluding carboxylic acids is 1. The molecular formula is C19H24N10O. The molecule has 4 heterocycles. The number of aromatic nitrogens is 8. The Balaban J connectivity index is 1.96. The van der Waals surface area contributed by atoms with Crippen molar-refractivity contribution >= 4 is 16.8 Å². The van der Waals surface area contributed by atoms with E-state index in [0.29, 0.717) is 43.4 Å². The highest BCUT2D eigenvalue weighted by molar-refractivity contribution is 5.99. The summed E-state index contributed by atoms with van der Waals surface area (Å²) in [6.45, 7) is 5.70. The molecule has 0 aliphatic carbocycles. The van der Waals surface area contributed by atoms with Crippen LogP contribution in [0.15, 0.2) is 18.3 Å². The smallest absolute Gasteiger partial charge is 0.267 e. The Morgan fingerprint density at radius 3 is 2.67 bits per heavy atom. The third kappa shape index (κ3) is 3.32. The van der Waals surface area contributed by atoms with E-state index in [1.807, 2.05) is 24.6 Å². The van der Waals surface area contributed by atoms with E-state index in [2.05, 4.69) is 15.2 Å². The summed E-state index contributed by atoms with van der Waals surface area (Å²) in [5.74, 6) is 0.445. The van der Waals surface area contributed by atoms with Crippen LogP contribution in [0, 0.1) is 6.92 Å². The fourth-order valence-corrected chi connectivity index (χ4v) is 3.43. The minimum absolute atomic E-state index is 0.144. The van der Waals surface area contributed by atoms with Crippen LogP contribution in [-0.2, 0) is 20.1 Å². The maximum atomic E-state index is 11.9. The molecule has 0 bridgehead atoms. The van der Waals surface area contributed by atoms with E-state index in [1.54, 1.807) is 28.7 Å². The van der Waals surface area contributed by atoms with Gasteiger partial charge in [-0.15, -0.1) is 5.10 Å². The lowest BCUT2D eigenvalue weighted by Crippen LogP contribution is -2.15. The van der Waals surface area contributed by atoms with Gasteiger partial charge in [-0.05, 0) is 38.9 Å². The molecule has 0 aliphatic rings. The Labute approximate surface area is 172 Å². The lowest BCUT2D eigenvalue weighted by molar-refractivity contribution is 0.0996. The average Bonchev–Trinajstić information content (AvgIpc) is 3.42. The van der Waals surface area contributed by atoms with Crippen LogP contribution in [0.25, 0.3) is 33.9 Å². The molecule has 0 aliphatic heterocycles. The molecule has 4 aromatic heterocycles. The Hall–Kier alpha value is -3.60. The molecule has 0 atom stereocenters. The van der Waals surface area contributed by atoms with Gasteiger partial charge in [0.25, 0.3) is 5.91 Å². The molecule has 30 heavy (non-hydrogen) atoms. The van der Waals surface area contributed by atoms with Gasteiger partial charge in [-0.1, -0.05) is 0 Å². The monoisotopic (exact) mass is 408 g/mol. The zero-order valence-corrected chi connectivity index (χ0v) is 17.2. The second-order valence-electron chi connectivity index (χ2n) is 7.03. The highest BCUT2D eigenvalue weighted by Gasteiger charge is 2.22. The van der Waals surface area contributed by atoms with Crippen molar-refractivity contribution in [3.63, 3.8) is 0 Å². The first-order valence-electron chi connectivity index (χ1n) is 9.75. The summed E-state index contributed by atoms with van der Waals surface area (Å²) in [7, 11) is 1.80. The summed E-state index contributed by atoms with van der Waals surface area (Å²) in [6, 6.07) is 3.58. The van der Waals surface area contributed by atoms with E-state index in [1.165, 1.54) is 0 Å². The number of hydrogen-bond acceptors (Lipinski definition) is 7. The number of carbonyl (C=O) groups is 1. The number of hydrogen-bond donors (Lipinski definition) is 2. The molecule has 0 saturated heterocycles. The van der Waals surface area contributed by atoms with Crippen molar-refractivity contribution in [2.24, 2.45) is 18.5 Å². The van der Waals surface area contributed by atoms with Crippen LogP contribution in [0.3, 0.4) is 0 Å². The number of nitrogens with two attached hydrogens (primary N) is 2. The van der Waals surface area contributed by atoms with Crippen LogP contribution in [0.4, 0.5) is 0 Å². The third-order valence-corrected chi connectivity index (χ3v) is 4.89. The van der Waals surface area contributed by atoms with Crippen molar-refractivity contribution in [1.29, 1.82) is 0 Å². The van der Waals surface area contributed by atoms with Gasteiger partial charge < -0.3 is 11.5 Å². The molecule has 0 radical (unpaired) electrons. The Bertz CT molecular complexity index is 1230. The summed E-state index contributed by atoms with van der Waals surface area (Å²) in [4.78, 5) is 21.2. The molecule has 0 saturated carbocycles. The Kier molecular flexibility index (Phi) is 5.04. The summed E-state index contributed by atoms with van der Waals surface area (Å²) in [5.41, 5.74) is 14.3. The molecular weight excluding hydrogens is 384 g/mol. The van der Waals surface area contributed by atoms with Gasteiger partial charge in [0.2, 0.25) is 0 Å². The van der Waals surface area contributed by atoms with E-state index in [-0.39, 0.29) is 5.69 Å². The van der Waals surface area contributed by atoms with Gasteiger partial charge in [0.05, 0.1) is 17.4 Å². The second-order valence-corrected chi connectivity index (χ2v) is 7.03. The van der Waals surface area contributed by atoms with Gasteiger partial charge in [0, 0.05) is 25.5 Å². The second kappa shape index (κ2) is 7.67. The normalized spacial score (nSPS) is 11.5. The molecule has 0 unspecified atom stereocenters. The number of pyridine rings is 1. The van der Waals surface area contributed by atoms with Crippen molar-refractivity contribution < 1.29 is 4.79 Å². The molecule has 1 amide bonds. The summed E-state index contributed by atoms with van der Waals surface area (Å²) in [5, 5.41) is 14.3. The van der Waals surface area contributed by atoms with Crippen molar-refractivity contribution in [3.05, 3.63) is 29.7 Å². The van der Waals surface area contributed by atoms with Crippen LogP contribution < -0.4 is 11.5 Å². The van der Waals surface area contributed by atoms with E-state index >= 15 is 0 Å². The molecule has 11 heteroatoms. The Morgan fingerprint density at radius 2 is 1.97 bits per heavy atom. The molecule has 0 aromatic carbocycles. The van der Waals surface area contributed by atoms with Gasteiger partial charge in [-0.3, -0.25) is 14.2 Å². The topological polar surface area (TPSA) is 148 Å². The maximum absolute atomic E-state index is 11.9. The molecule has 4 rings (SSSR count). The number of aryl methyl sites for hydroxylation is 4. The lowest BCUT2D eigenvalue weighted by atomic mass is 10.2. The van der Waals surface area contributed by atoms with Gasteiger partial charge in [-0.2, -0.15) is 10.2 Å². The van der Waals surface area contributed by atoms with Crippen molar-refractivity contribution in [2.45, 2.75) is 33.4 Å². The standard InChI is InChI=1S/C19H24N10O/c1-4-28-15(8-11(2)25-28)18-24-19(29(26-18)7-5-6-20)16-12-10-22-27(3)14(12)9-13(23-16)17(21)30/h8-10H,4-7,20H2,1-3H3,(H2,21,30). The van der Waals surface area contributed by atoms with E-state index in [9.17, 15) is 4.79 Å². The van der Waals surface area contributed by atoms with Gasteiger partial charge in [-0.25, -0.2) is 14.6 Å². The first-order chi connectivity index (χ1) is 14.4. The van der Waals surface area contributed by atoms with Crippen LogP contribution in [0.1, 0.15) is 29.5 Å². The molecule has 0 spiro atoms. The lowest BCUT2D eigenvalue weighted by Gasteiger charge is -2.07. The highest BCUT2D eigenvalue weighted by atomic mass is 16.1. The van der Waals surface area contributed by atoms with Crippen molar-refractivity contribution in [1.82, 2.24) is 39.3 Å². The maximum Gasteiger partial charge on any atom is 0.267 e.